The van der Waals surface area contributed by atoms with Crippen molar-refractivity contribution in [2.24, 2.45) is 5.92 Å². The van der Waals surface area contributed by atoms with Gasteiger partial charge >= 0.3 is 0 Å². The van der Waals surface area contributed by atoms with Gasteiger partial charge in [-0.2, -0.15) is 0 Å². The Hall–Kier alpha value is -1.02. The standard InChI is InChI=1S/C15H23NO/c1-12(2)15(8-9-16(3)11-15)13-6-5-7-14(10-13)17-4/h5-7,10,12H,8-9,11H2,1-4H3/t15-/m1/s1. The fourth-order valence-electron chi connectivity index (χ4n) is 3.00. The van der Waals surface area contributed by atoms with Gasteiger partial charge in [-0.15, -0.1) is 0 Å². The molecular formula is C15H23NO. The number of methoxy groups -OCH3 is 1. The molecule has 2 nitrogen and oxygen atoms in total. The molecule has 0 bridgehead atoms. The average molecular weight is 233 g/mol. The Kier molecular flexibility index (Phi) is 3.43. The topological polar surface area (TPSA) is 12.5 Å². The van der Waals surface area contributed by atoms with E-state index in [1.54, 1.807) is 7.11 Å². The lowest BCUT2D eigenvalue weighted by molar-refractivity contribution is 0.295. The number of rotatable bonds is 3. The van der Waals surface area contributed by atoms with Gasteiger partial charge in [-0.25, -0.2) is 0 Å². The quantitative estimate of drug-likeness (QED) is 0.796. The predicted molar refractivity (Wildman–Crippen MR) is 71.6 cm³/mol. The molecular weight excluding hydrogens is 210 g/mol. The van der Waals surface area contributed by atoms with E-state index in [1.165, 1.54) is 18.5 Å². The Balaban J connectivity index is 2.39. The number of benzene rings is 1. The van der Waals surface area contributed by atoms with Crippen LogP contribution in [0, 0.1) is 5.92 Å². The van der Waals surface area contributed by atoms with Crippen LogP contribution >= 0.6 is 0 Å². The third kappa shape index (κ3) is 2.19. The summed E-state index contributed by atoms with van der Waals surface area (Å²) in [5.74, 6) is 1.62. The first-order valence-electron chi connectivity index (χ1n) is 6.41. The van der Waals surface area contributed by atoms with E-state index in [1.807, 2.05) is 6.07 Å². The van der Waals surface area contributed by atoms with E-state index in [4.69, 9.17) is 4.74 Å². The van der Waals surface area contributed by atoms with Crippen LogP contribution in [0.15, 0.2) is 24.3 Å². The largest absolute Gasteiger partial charge is 0.497 e. The fourth-order valence-corrected chi connectivity index (χ4v) is 3.00. The van der Waals surface area contributed by atoms with Crippen LogP contribution in [0.5, 0.6) is 5.75 Å². The number of ether oxygens (including phenoxy) is 1. The molecule has 2 heteroatoms. The summed E-state index contributed by atoms with van der Waals surface area (Å²) in [4.78, 5) is 2.43. The smallest absolute Gasteiger partial charge is 0.119 e. The highest BCUT2D eigenvalue weighted by molar-refractivity contribution is 5.35. The van der Waals surface area contributed by atoms with Crippen molar-refractivity contribution in [3.8, 4) is 5.75 Å². The number of nitrogens with zero attached hydrogens (tertiary/aromatic N) is 1. The van der Waals surface area contributed by atoms with Crippen LogP contribution in [-0.2, 0) is 5.41 Å². The third-order valence-electron chi connectivity index (χ3n) is 4.24. The molecule has 17 heavy (non-hydrogen) atoms. The zero-order valence-electron chi connectivity index (χ0n) is 11.4. The molecule has 0 spiro atoms. The molecule has 1 aliphatic rings. The van der Waals surface area contributed by atoms with Gasteiger partial charge in [-0.3, -0.25) is 0 Å². The van der Waals surface area contributed by atoms with Gasteiger partial charge in [0.25, 0.3) is 0 Å². The second-order valence-electron chi connectivity index (χ2n) is 5.53. The van der Waals surface area contributed by atoms with Crippen LogP contribution < -0.4 is 4.74 Å². The monoisotopic (exact) mass is 233 g/mol. The van der Waals surface area contributed by atoms with Crippen molar-refractivity contribution in [1.82, 2.24) is 4.90 Å². The highest BCUT2D eigenvalue weighted by Crippen LogP contribution is 2.41. The van der Waals surface area contributed by atoms with Gasteiger partial charge < -0.3 is 9.64 Å². The molecule has 1 aliphatic heterocycles. The molecule has 94 valence electrons. The summed E-state index contributed by atoms with van der Waals surface area (Å²) in [6.45, 7) is 7.00. The Labute approximate surface area is 105 Å². The Morgan fingerprint density at radius 3 is 2.65 bits per heavy atom. The maximum absolute atomic E-state index is 5.35. The zero-order valence-corrected chi connectivity index (χ0v) is 11.4. The summed E-state index contributed by atoms with van der Waals surface area (Å²) < 4.78 is 5.35. The highest BCUT2D eigenvalue weighted by Gasteiger charge is 2.40. The summed E-state index contributed by atoms with van der Waals surface area (Å²) >= 11 is 0. The van der Waals surface area contributed by atoms with Crippen molar-refractivity contribution >= 4 is 0 Å². The van der Waals surface area contributed by atoms with E-state index in [2.05, 4.69) is 44.0 Å². The van der Waals surface area contributed by atoms with Crippen molar-refractivity contribution < 1.29 is 4.74 Å². The SMILES string of the molecule is COc1cccc([C@]2(C(C)C)CCN(C)C2)c1. The van der Waals surface area contributed by atoms with E-state index in [-0.39, 0.29) is 0 Å². The summed E-state index contributed by atoms with van der Waals surface area (Å²) in [6, 6.07) is 8.59. The molecule has 0 unspecified atom stereocenters. The minimum atomic E-state index is 0.295. The van der Waals surface area contributed by atoms with Crippen molar-refractivity contribution in [1.29, 1.82) is 0 Å². The molecule has 0 N–H and O–H groups in total. The van der Waals surface area contributed by atoms with Crippen LogP contribution in [0.4, 0.5) is 0 Å². The first kappa shape index (κ1) is 12.4. The minimum Gasteiger partial charge on any atom is -0.497 e. The van der Waals surface area contributed by atoms with Crippen molar-refractivity contribution in [3.05, 3.63) is 29.8 Å². The van der Waals surface area contributed by atoms with E-state index >= 15 is 0 Å². The lowest BCUT2D eigenvalue weighted by Gasteiger charge is -2.34. The van der Waals surface area contributed by atoms with E-state index < -0.39 is 0 Å². The maximum atomic E-state index is 5.35. The lowest BCUT2D eigenvalue weighted by Crippen LogP contribution is -2.35. The van der Waals surface area contributed by atoms with Gasteiger partial charge in [0.1, 0.15) is 5.75 Å². The van der Waals surface area contributed by atoms with E-state index in [9.17, 15) is 0 Å². The van der Waals surface area contributed by atoms with E-state index in [0.717, 1.165) is 12.3 Å². The van der Waals surface area contributed by atoms with Crippen LogP contribution in [0.1, 0.15) is 25.8 Å². The fraction of sp³-hybridized carbons (Fsp3) is 0.600. The molecule has 0 aromatic heterocycles. The van der Waals surface area contributed by atoms with Gasteiger partial charge in [-0.1, -0.05) is 26.0 Å². The molecule has 1 aromatic carbocycles. The average Bonchev–Trinajstić information content (AvgIpc) is 2.73. The van der Waals surface area contributed by atoms with Crippen molar-refractivity contribution in [3.63, 3.8) is 0 Å². The molecule has 1 heterocycles. The first-order chi connectivity index (χ1) is 8.08. The summed E-state index contributed by atoms with van der Waals surface area (Å²) in [5.41, 5.74) is 1.72. The number of hydrogen-bond donors (Lipinski definition) is 0. The normalized spacial score (nSPS) is 25.5. The molecule has 1 aromatic rings. The summed E-state index contributed by atoms with van der Waals surface area (Å²) in [6.07, 6.45) is 1.24. The minimum absolute atomic E-state index is 0.295. The lowest BCUT2D eigenvalue weighted by atomic mass is 9.71. The van der Waals surface area contributed by atoms with Gasteiger partial charge in [0, 0.05) is 12.0 Å². The number of likely N-dealkylation sites (tertiary alicyclic amines) is 1. The molecule has 2 rings (SSSR count). The van der Waals surface area contributed by atoms with Crippen molar-refractivity contribution in [2.75, 3.05) is 27.2 Å². The molecule has 1 fully saturated rings. The second-order valence-corrected chi connectivity index (χ2v) is 5.53. The number of likely N-dealkylation sites (N-methyl/N-ethyl adjacent to an activating group) is 1. The highest BCUT2D eigenvalue weighted by atomic mass is 16.5. The molecule has 0 radical (unpaired) electrons. The van der Waals surface area contributed by atoms with Gasteiger partial charge in [0.2, 0.25) is 0 Å². The Morgan fingerprint density at radius 1 is 1.35 bits per heavy atom. The van der Waals surface area contributed by atoms with Crippen molar-refractivity contribution in [2.45, 2.75) is 25.7 Å². The summed E-state index contributed by atoms with van der Waals surface area (Å²) in [7, 11) is 3.95. The van der Waals surface area contributed by atoms with Gasteiger partial charge in [0.05, 0.1) is 7.11 Å². The second kappa shape index (κ2) is 4.69. The van der Waals surface area contributed by atoms with Gasteiger partial charge in [0.15, 0.2) is 0 Å². The van der Waals surface area contributed by atoms with Gasteiger partial charge in [-0.05, 0) is 43.6 Å². The van der Waals surface area contributed by atoms with Crippen LogP contribution in [0.3, 0.4) is 0 Å². The Bertz CT molecular complexity index is 388. The third-order valence-corrected chi connectivity index (χ3v) is 4.24. The van der Waals surface area contributed by atoms with Crippen LogP contribution in [0.25, 0.3) is 0 Å². The predicted octanol–water partition coefficient (Wildman–Crippen LogP) is 2.92. The molecule has 1 saturated heterocycles. The van der Waals surface area contributed by atoms with Crippen LogP contribution in [-0.4, -0.2) is 32.1 Å². The Morgan fingerprint density at radius 2 is 2.12 bits per heavy atom. The molecule has 1 atom stereocenters. The maximum Gasteiger partial charge on any atom is 0.119 e. The number of hydrogen-bond acceptors (Lipinski definition) is 2. The first-order valence-corrected chi connectivity index (χ1v) is 6.41. The zero-order chi connectivity index (χ0) is 12.5. The molecule has 0 saturated carbocycles. The summed E-state index contributed by atoms with van der Waals surface area (Å²) in [5, 5.41) is 0. The molecule has 0 aliphatic carbocycles. The molecule has 0 amide bonds. The van der Waals surface area contributed by atoms with E-state index in [0.29, 0.717) is 11.3 Å². The van der Waals surface area contributed by atoms with Crippen LogP contribution in [0.2, 0.25) is 0 Å².